The summed E-state index contributed by atoms with van der Waals surface area (Å²) in [6, 6.07) is 15.3. The molecule has 0 unspecified atom stereocenters. The van der Waals surface area contributed by atoms with Gasteiger partial charge in [-0.25, -0.2) is 0 Å². The predicted molar refractivity (Wildman–Crippen MR) is 88.3 cm³/mol. The van der Waals surface area contributed by atoms with E-state index in [9.17, 15) is 0 Å². The topological polar surface area (TPSA) is 3.24 Å². The van der Waals surface area contributed by atoms with Gasteiger partial charge in [-0.05, 0) is 40.8 Å². The molecule has 1 aliphatic rings. The number of alkyl halides is 2. The zero-order valence-corrected chi connectivity index (χ0v) is 12.8. The van der Waals surface area contributed by atoms with Crippen molar-refractivity contribution in [3.8, 4) is 11.1 Å². The van der Waals surface area contributed by atoms with Gasteiger partial charge in [-0.15, -0.1) is 23.2 Å². The Labute approximate surface area is 130 Å². The van der Waals surface area contributed by atoms with E-state index in [1.165, 1.54) is 27.9 Å². The Morgan fingerprint density at radius 3 is 2.30 bits per heavy atom. The lowest BCUT2D eigenvalue weighted by Gasteiger charge is -2.23. The van der Waals surface area contributed by atoms with Crippen molar-refractivity contribution in [2.75, 3.05) is 29.7 Å². The fourth-order valence-electron chi connectivity index (χ4n) is 2.90. The monoisotopic (exact) mass is 305 g/mol. The number of fused-ring (bicyclic) bond motifs is 3. The smallest absolute Gasteiger partial charge is 0.0399 e. The maximum atomic E-state index is 5.89. The fourth-order valence-corrected chi connectivity index (χ4v) is 3.31. The molecule has 1 aliphatic carbocycles. The molecule has 0 amide bonds. The first-order valence-electron chi connectivity index (χ1n) is 6.91. The summed E-state index contributed by atoms with van der Waals surface area (Å²) in [5.41, 5.74) is 6.77. The third-order valence-electron chi connectivity index (χ3n) is 3.85. The zero-order valence-electron chi connectivity index (χ0n) is 11.3. The molecule has 20 heavy (non-hydrogen) atoms. The first-order valence-corrected chi connectivity index (χ1v) is 7.98. The van der Waals surface area contributed by atoms with Gasteiger partial charge in [0.1, 0.15) is 0 Å². The molecule has 0 aromatic heterocycles. The average Bonchev–Trinajstić information content (AvgIpc) is 2.84. The van der Waals surface area contributed by atoms with Gasteiger partial charge in [0.05, 0.1) is 0 Å². The van der Waals surface area contributed by atoms with Crippen molar-refractivity contribution >= 4 is 28.9 Å². The minimum Gasteiger partial charge on any atom is -0.369 e. The van der Waals surface area contributed by atoms with E-state index in [0.29, 0.717) is 11.8 Å². The van der Waals surface area contributed by atoms with E-state index in [1.807, 2.05) is 0 Å². The van der Waals surface area contributed by atoms with Crippen LogP contribution in [-0.4, -0.2) is 24.8 Å². The van der Waals surface area contributed by atoms with E-state index in [2.05, 4.69) is 47.4 Å². The molecule has 2 aromatic carbocycles. The molecule has 3 rings (SSSR count). The molecule has 0 bridgehead atoms. The normalized spacial score (nSPS) is 12.1. The predicted octanol–water partition coefficient (Wildman–Crippen LogP) is 4.54. The molecule has 0 radical (unpaired) electrons. The maximum absolute atomic E-state index is 5.89. The van der Waals surface area contributed by atoms with Crippen LogP contribution >= 0.6 is 23.2 Å². The van der Waals surface area contributed by atoms with E-state index < -0.39 is 0 Å². The quantitative estimate of drug-likeness (QED) is 0.625. The molecule has 0 saturated heterocycles. The molecule has 0 fully saturated rings. The van der Waals surface area contributed by atoms with Gasteiger partial charge in [0.25, 0.3) is 0 Å². The summed E-state index contributed by atoms with van der Waals surface area (Å²) >= 11 is 11.8. The van der Waals surface area contributed by atoms with Gasteiger partial charge in [-0.3, -0.25) is 0 Å². The van der Waals surface area contributed by atoms with Gasteiger partial charge in [0.15, 0.2) is 0 Å². The summed E-state index contributed by atoms with van der Waals surface area (Å²) in [5.74, 6) is 1.24. The number of nitrogens with zero attached hydrogens (tertiary/aromatic N) is 1. The van der Waals surface area contributed by atoms with Crippen LogP contribution in [0.25, 0.3) is 11.1 Å². The van der Waals surface area contributed by atoms with Crippen LogP contribution in [0.15, 0.2) is 42.5 Å². The van der Waals surface area contributed by atoms with Crippen molar-refractivity contribution in [2.24, 2.45) is 0 Å². The molecule has 2 aromatic rings. The van der Waals surface area contributed by atoms with Gasteiger partial charge >= 0.3 is 0 Å². The van der Waals surface area contributed by atoms with E-state index >= 15 is 0 Å². The summed E-state index contributed by atoms with van der Waals surface area (Å²) in [7, 11) is 0. The number of anilines is 1. The molecular weight excluding hydrogens is 289 g/mol. The molecule has 0 heterocycles. The van der Waals surface area contributed by atoms with Crippen LogP contribution in [0.5, 0.6) is 0 Å². The summed E-state index contributed by atoms with van der Waals surface area (Å²) in [5, 5.41) is 0. The third-order valence-corrected chi connectivity index (χ3v) is 4.19. The minimum absolute atomic E-state index is 0.619. The van der Waals surface area contributed by atoms with Gasteiger partial charge in [-0.1, -0.05) is 30.3 Å². The highest BCUT2D eigenvalue weighted by molar-refractivity contribution is 6.18. The fraction of sp³-hybridized carbons (Fsp3) is 0.294. The van der Waals surface area contributed by atoms with Gasteiger partial charge in [0.2, 0.25) is 0 Å². The molecule has 0 atom stereocenters. The van der Waals surface area contributed by atoms with Crippen LogP contribution in [0.4, 0.5) is 5.69 Å². The second kappa shape index (κ2) is 6.07. The van der Waals surface area contributed by atoms with E-state index in [1.54, 1.807) is 0 Å². The molecule has 0 N–H and O–H groups in total. The Morgan fingerprint density at radius 2 is 1.55 bits per heavy atom. The summed E-state index contributed by atoms with van der Waals surface area (Å²) in [6.07, 6.45) is 1.02. The van der Waals surface area contributed by atoms with Crippen molar-refractivity contribution in [2.45, 2.75) is 6.42 Å². The minimum atomic E-state index is 0.619. The average molecular weight is 306 g/mol. The van der Waals surface area contributed by atoms with Crippen LogP contribution in [0.2, 0.25) is 0 Å². The Hall–Kier alpha value is -1.18. The van der Waals surface area contributed by atoms with E-state index in [-0.39, 0.29) is 0 Å². The molecule has 104 valence electrons. The highest BCUT2D eigenvalue weighted by Crippen LogP contribution is 2.38. The first kappa shape index (κ1) is 13.8. The van der Waals surface area contributed by atoms with Gasteiger partial charge in [-0.2, -0.15) is 0 Å². The SMILES string of the molecule is ClCCN(CCCl)c1ccc2c(c1)Cc1ccccc1-2. The molecule has 0 aliphatic heterocycles. The van der Waals surface area contributed by atoms with Gasteiger partial charge < -0.3 is 4.90 Å². The van der Waals surface area contributed by atoms with Crippen LogP contribution in [0.3, 0.4) is 0 Å². The summed E-state index contributed by atoms with van der Waals surface area (Å²) in [6.45, 7) is 1.67. The second-order valence-corrected chi connectivity index (χ2v) is 5.80. The van der Waals surface area contributed by atoms with Crippen molar-refractivity contribution < 1.29 is 0 Å². The lowest BCUT2D eigenvalue weighted by molar-refractivity contribution is 0.873. The van der Waals surface area contributed by atoms with E-state index in [4.69, 9.17) is 23.2 Å². The summed E-state index contributed by atoms with van der Waals surface area (Å²) < 4.78 is 0. The van der Waals surface area contributed by atoms with Crippen LogP contribution < -0.4 is 4.90 Å². The van der Waals surface area contributed by atoms with E-state index in [0.717, 1.165) is 19.5 Å². The largest absolute Gasteiger partial charge is 0.369 e. The Morgan fingerprint density at radius 1 is 0.850 bits per heavy atom. The van der Waals surface area contributed by atoms with Crippen LogP contribution in [0.1, 0.15) is 11.1 Å². The highest BCUT2D eigenvalue weighted by atomic mass is 35.5. The van der Waals surface area contributed by atoms with Crippen molar-refractivity contribution in [1.29, 1.82) is 0 Å². The maximum Gasteiger partial charge on any atom is 0.0399 e. The van der Waals surface area contributed by atoms with Crippen LogP contribution in [-0.2, 0) is 6.42 Å². The number of hydrogen-bond acceptors (Lipinski definition) is 1. The lowest BCUT2D eigenvalue weighted by Crippen LogP contribution is -2.27. The van der Waals surface area contributed by atoms with Crippen LogP contribution in [0, 0.1) is 0 Å². The number of halogens is 2. The number of hydrogen-bond donors (Lipinski definition) is 0. The third kappa shape index (κ3) is 2.53. The zero-order chi connectivity index (χ0) is 13.9. The van der Waals surface area contributed by atoms with Crippen molar-refractivity contribution in [1.82, 2.24) is 0 Å². The summed E-state index contributed by atoms with van der Waals surface area (Å²) in [4.78, 5) is 2.25. The number of benzene rings is 2. The van der Waals surface area contributed by atoms with Crippen molar-refractivity contribution in [3.05, 3.63) is 53.6 Å². The number of rotatable bonds is 5. The second-order valence-electron chi connectivity index (χ2n) is 5.04. The van der Waals surface area contributed by atoms with Crippen molar-refractivity contribution in [3.63, 3.8) is 0 Å². The standard InChI is InChI=1S/C17H17Cl2N/c18-7-9-20(10-8-19)15-5-6-17-14(12-15)11-13-3-1-2-4-16(13)17/h1-6,12H,7-11H2. The molecular formula is C17H17Cl2N. The molecule has 1 nitrogen and oxygen atoms in total. The lowest BCUT2D eigenvalue weighted by atomic mass is 10.1. The molecule has 0 saturated carbocycles. The highest BCUT2D eigenvalue weighted by Gasteiger charge is 2.18. The molecule has 0 spiro atoms. The first-order chi connectivity index (χ1) is 9.83. The van der Waals surface area contributed by atoms with Gasteiger partial charge in [0, 0.05) is 30.5 Å². The molecule has 3 heteroatoms. The Bertz CT molecular complexity index is 604. The Balaban J connectivity index is 1.93. The Kier molecular flexibility index (Phi) is 4.18.